The third kappa shape index (κ3) is 5.89. The fourth-order valence-electron chi connectivity index (χ4n) is 3.47. The Hall–Kier alpha value is -4.32. The molecule has 4 aromatic rings. The number of nitrogens with one attached hydrogen (secondary N) is 1. The highest BCUT2D eigenvalue weighted by Gasteiger charge is 2.11. The van der Waals surface area contributed by atoms with Gasteiger partial charge >= 0.3 is 5.97 Å². The predicted molar refractivity (Wildman–Crippen MR) is 131 cm³/mol. The largest absolute Gasteiger partial charge is 0.508 e. The molecule has 4 aromatic carbocycles. The highest BCUT2D eigenvalue weighted by atomic mass is 16.4. The molecule has 4 rings (SSSR count). The number of aldehydes is 1. The number of carbonyl (C=O) groups excluding carboxylic acids is 1. The first kappa shape index (κ1) is 23.3. The van der Waals surface area contributed by atoms with E-state index in [-0.39, 0.29) is 24.3 Å². The molecule has 0 saturated carbocycles. The first-order valence-electron chi connectivity index (χ1n) is 10.4. The van der Waals surface area contributed by atoms with Crippen molar-refractivity contribution in [3.8, 4) is 33.8 Å². The van der Waals surface area contributed by atoms with E-state index in [4.69, 9.17) is 5.11 Å². The van der Waals surface area contributed by atoms with Gasteiger partial charge in [-0.3, -0.25) is 4.79 Å². The summed E-state index contributed by atoms with van der Waals surface area (Å²) < 4.78 is 0. The average molecular weight is 443 g/mol. The number of fused-ring (bicyclic) bond motifs is 1. The molecule has 0 aliphatic carbocycles. The molecule has 0 aromatic heterocycles. The van der Waals surface area contributed by atoms with Gasteiger partial charge in [-0.2, -0.15) is 0 Å². The highest BCUT2D eigenvalue weighted by molar-refractivity contribution is 6.01. The maximum Gasteiger partial charge on any atom is 0.303 e. The number of phenols is 2. The van der Waals surface area contributed by atoms with E-state index >= 15 is 0 Å². The molecule has 4 N–H and O–H groups in total. The van der Waals surface area contributed by atoms with Crippen molar-refractivity contribution < 1.29 is 24.9 Å². The van der Waals surface area contributed by atoms with Gasteiger partial charge in [-0.15, -0.1) is 0 Å². The zero-order valence-electron chi connectivity index (χ0n) is 18.2. The summed E-state index contributed by atoms with van der Waals surface area (Å²) >= 11 is 0. The van der Waals surface area contributed by atoms with Gasteiger partial charge < -0.3 is 25.4 Å². The van der Waals surface area contributed by atoms with Gasteiger partial charge in [-0.25, -0.2) is 0 Å². The maximum absolute atomic E-state index is 10.5. The van der Waals surface area contributed by atoms with E-state index in [1.54, 1.807) is 18.2 Å². The van der Waals surface area contributed by atoms with Crippen LogP contribution < -0.4 is 5.32 Å². The van der Waals surface area contributed by atoms with Crippen LogP contribution in [0.1, 0.15) is 12.8 Å². The van der Waals surface area contributed by atoms with Gasteiger partial charge in [-0.05, 0) is 63.9 Å². The summed E-state index contributed by atoms with van der Waals surface area (Å²) in [5, 5.41) is 33.2. The van der Waals surface area contributed by atoms with Crippen molar-refractivity contribution in [2.75, 3.05) is 12.4 Å². The van der Waals surface area contributed by atoms with Crippen molar-refractivity contribution >= 4 is 28.7 Å². The second-order valence-electron chi connectivity index (χ2n) is 7.37. The summed E-state index contributed by atoms with van der Waals surface area (Å²) in [5.74, 6) is -0.412. The SMILES string of the molecule is CNc1ccc(-c2c(O)ccc3cc(-c4cccc(O)c4)ccc23)cc1.O=CCCC(=O)O. The Morgan fingerprint density at radius 3 is 2.18 bits per heavy atom. The lowest BCUT2D eigenvalue weighted by molar-refractivity contribution is -0.137. The number of aromatic hydroxyl groups is 2. The van der Waals surface area contributed by atoms with Gasteiger partial charge in [0.25, 0.3) is 0 Å². The van der Waals surface area contributed by atoms with E-state index in [1.165, 1.54) is 0 Å². The summed E-state index contributed by atoms with van der Waals surface area (Å²) in [6, 6.07) is 25.0. The Labute approximate surface area is 191 Å². The van der Waals surface area contributed by atoms with Crippen LogP contribution in [0.5, 0.6) is 11.5 Å². The highest BCUT2D eigenvalue weighted by Crippen LogP contribution is 2.38. The second-order valence-corrected chi connectivity index (χ2v) is 7.37. The van der Waals surface area contributed by atoms with Crippen LogP contribution in [-0.4, -0.2) is 34.6 Å². The third-order valence-electron chi connectivity index (χ3n) is 5.12. The molecule has 0 atom stereocenters. The minimum atomic E-state index is -0.924. The molecule has 0 heterocycles. The summed E-state index contributed by atoms with van der Waals surface area (Å²) in [6.07, 6.45) is 0.660. The van der Waals surface area contributed by atoms with Crippen LogP contribution in [0.4, 0.5) is 5.69 Å². The zero-order chi connectivity index (χ0) is 23.8. The molecular formula is C27H25NO5. The van der Waals surface area contributed by atoms with Crippen LogP contribution in [0.3, 0.4) is 0 Å². The van der Waals surface area contributed by atoms with Crippen molar-refractivity contribution in [2.45, 2.75) is 12.8 Å². The molecule has 0 unspecified atom stereocenters. The standard InChI is InChI=1S/C23H19NO2.C4H6O3/c1-24-19-9-5-15(6-10-19)23-21-11-7-17(13-18(21)8-12-22(23)26)16-3-2-4-20(25)14-16;5-3-1-2-4(6)7/h2-14,24-26H,1H3;3H,1-2H2,(H,6,7). The van der Waals surface area contributed by atoms with Gasteiger partial charge in [0.2, 0.25) is 0 Å². The van der Waals surface area contributed by atoms with E-state index < -0.39 is 5.97 Å². The maximum atomic E-state index is 10.5. The topological polar surface area (TPSA) is 107 Å². The number of hydrogen-bond donors (Lipinski definition) is 4. The summed E-state index contributed by atoms with van der Waals surface area (Å²) in [4.78, 5) is 19.0. The van der Waals surface area contributed by atoms with Gasteiger partial charge in [-0.1, -0.05) is 42.5 Å². The molecule has 33 heavy (non-hydrogen) atoms. The van der Waals surface area contributed by atoms with Crippen LogP contribution in [0.2, 0.25) is 0 Å². The monoisotopic (exact) mass is 443 g/mol. The number of carbonyl (C=O) groups is 2. The minimum absolute atomic E-state index is 0.0521. The minimum Gasteiger partial charge on any atom is -0.508 e. The van der Waals surface area contributed by atoms with Crippen molar-refractivity contribution in [2.24, 2.45) is 0 Å². The number of phenolic OH excluding ortho intramolecular Hbond substituents is 2. The Morgan fingerprint density at radius 1 is 0.879 bits per heavy atom. The molecule has 0 radical (unpaired) electrons. The Balaban J connectivity index is 0.000000383. The van der Waals surface area contributed by atoms with Crippen LogP contribution in [0.25, 0.3) is 33.0 Å². The number of rotatable bonds is 6. The van der Waals surface area contributed by atoms with Crippen LogP contribution in [0.15, 0.2) is 78.9 Å². The lowest BCUT2D eigenvalue weighted by Gasteiger charge is -2.12. The molecule has 0 fully saturated rings. The fourth-order valence-corrected chi connectivity index (χ4v) is 3.47. The molecule has 6 heteroatoms. The van der Waals surface area contributed by atoms with Gasteiger partial charge in [0.1, 0.15) is 17.8 Å². The second kappa shape index (κ2) is 10.8. The van der Waals surface area contributed by atoms with E-state index in [2.05, 4.69) is 11.4 Å². The predicted octanol–water partition coefficient (Wildman–Crippen LogP) is 5.68. The first-order valence-corrected chi connectivity index (χ1v) is 10.4. The lowest BCUT2D eigenvalue weighted by atomic mass is 9.94. The van der Waals surface area contributed by atoms with Gasteiger partial charge in [0, 0.05) is 24.7 Å². The first-order chi connectivity index (χ1) is 15.9. The number of carboxylic acids is 1. The summed E-state index contributed by atoms with van der Waals surface area (Å²) in [5.41, 5.74) is 4.81. The Bertz CT molecular complexity index is 1270. The molecule has 168 valence electrons. The average Bonchev–Trinajstić information content (AvgIpc) is 2.83. The van der Waals surface area contributed by atoms with E-state index in [0.29, 0.717) is 6.29 Å². The van der Waals surface area contributed by atoms with Crippen molar-refractivity contribution in [3.05, 3.63) is 78.9 Å². The van der Waals surface area contributed by atoms with Gasteiger partial charge in [0.15, 0.2) is 0 Å². The van der Waals surface area contributed by atoms with E-state index in [9.17, 15) is 19.8 Å². The fraction of sp³-hybridized carbons (Fsp3) is 0.111. The molecule has 6 nitrogen and oxygen atoms in total. The summed E-state index contributed by atoms with van der Waals surface area (Å²) in [7, 11) is 1.88. The number of carboxylic acid groups (broad SMARTS) is 1. The van der Waals surface area contributed by atoms with E-state index in [0.717, 1.165) is 38.7 Å². The molecular weight excluding hydrogens is 418 g/mol. The molecule has 0 spiro atoms. The normalized spacial score (nSPS) is 10.2. The zero-order valence-corrected chi connectivity index (χ0v) is 18.2. The number of anilines is 1. The molecule has 0 aliphatic heterocycles. The van der Waals surface area contributed by atoms with Crippen LogP contribution in [-0.2, 0) is 9.59 Å². The van der Waals surface area contributed by atoms with Crippen LogP contribution in [0, 0.1) is 0 Å². The quantitative estimate of drug-likeness (QED) is 0.286. The number of aliphatic carboxylic acids is 1. The number of hydrogen-bond acceptors (Lipinski definition) is 5. The Morgan fingerprint density at radius 2 is 1.58 bits per heavy atom. The van der Waals surface area contributed by atoms with Crippen molar-refractivity contribution in [1.29, 1.82) is 0 Å². The van der Waals surface area contributed by atoms with E-state index in [1.807, 2.05) is 61.6 Å². The third-order valence-corrected chi connectivity index (χ3v) is 5.12. The molecule has 0 saturated heterocycles. The van der Waals surface area contributed by atoms with Gasteiger partial charge in [0.05, 0.1) is 6.42 Å². The molecule has 0 aliphatic rings. The Kier molecular flexibility index (Phi) is 7.65. The van der Waals surface area contributed by atoms with Crippen LogP contribution >= 0.6 is 0 Å². The molecule has 0 amide bonds. The molecule has 0 bridgehead atoms. The van der Waals surface area contributed by atoms with Crippen molar-refractivity contribution in [3.63, 3.8) is 0 Å². The smallest absolute Gasteiger partial charge is 0.303 e. The summed E-state index contributed by atoms with van der Waals surface area (Å²) in [6.45, 7) is 0. The number of benzene rings is 4. The van der Waals surface area contributed by atoms with Crippen molar-refractivity contribution in [1.82, 2.24) is 0 Å². The lowest BCUT2D eigenvalue weighted by Crippen LogP contribution is -1.93.